The first-order chi connectivity index (χ1) is 11.2. The summed E-state index contributed by atoms with van der Waals surface area (Å²) in [7, 11) is 0. The number of hydrogen-bond donors (Lipinski definition) is 3. The highest BCUT2D eigenvalue weighted by Gasteiger charge is 2.24. The van der Waals surface area contributed by atoms with Crippen LogP contribution >= 0.6 is 0 Å². The van der Waals surface area contributed by atoms with Crippen molar-refractivity contribution in [2.75, 3.05) is 0 Å². The molecule has 0 radical (unpaired) electrons. The molecule has 0 aliphatic heterocycles. The van der Waals surface area contributed by atoms with E-state index in [9.17, 15) is 9.90 Å². The second-order valence-corrected chi connectivity index (χ2v) is 5.76. The van der Waals surface area contributed by atoms with E-state index in [-0.39, 0.29) is 12.1 Å². The van der Waals surface area contributed by atoms with Crippen LogP contribution in [0.2, 0.25) is 0 Å². The van der Waals surface area contributed by atoms with Crippen molar-refractivity contribution in [2.24, 2.45) is 0 Å². The maximum absolute atomic E-state index is 12.0. The number of aromatic nitrogens is 3. The third-order valence-electron chi connectivity index (χ3n) is 4.05. The van der Waals surface area contributed by atoms with Crippen molar-refractivity contribution in [3.05, 3.63) is 42.4 Å². The van der Waals surface area contributed by atoms with Gasteiger partial charge in [0, 0.05) is 25.1 Å². The quantitative estimate of drug-likeness (QED) is 0.794. The molecule has 7 heteroatoms. The molecule has 3 rings (SSSR count). The molecule has 1 aliphatic carbocycles. The molecule has 0 aromatic carbocycles. The summed E-state index contributed by atoms with van der Waals surface area (Å²) in [5, 5.41) is 19.7. The molecule has 2 aromatic rings. The molecule has 1 fully saturated rings. The molecule has 2 atom stereocenters. The Kier molecular flexibility index (Phi) is 4.87. The largest absolute Gasteiger partial charge is 0.391 e. The average molecular weight is 315 g/mol. The van der Waals surface area contributed by atoms with Crippen LogP contribution < -0.4 is 10.6 Å². The highest BCUT2D eigenvalue weighted by Crippen LogP contribution is 2.18. The third kappa shape index (κ3) is 4.07. The number of amides is 2. The van der Waals surface area contributed by atoms with Gasteiger partial charge in [-0.2, -0.15) is 5.10 Å². The highest BCUT2D eigenvalue weighted by atomic mass is 16.3. The minimum absolute atomic E-state index is 0.152. The van der Waals surface area contributed by atoms with Crippen molar-refractivity contribution in [3.8, 4) is 5.82 Å². The molecule has 23 heavy (non-hydrogen) atoms. The van der Waals surface area contributed by atoms with Gasteiger partial charge in [-0.15, -0.1) is 0 Å². The van der Waals surface area contributed by atoms with Gasteiger partial charge >= 0.3 is 6.03 Å². The first-order valence-corrected chi connectivity index (χ1v) is 7.90. The number of urea groups is 1. The number of carbonyl (C=O) groups is 1. The molecule has 3 N–H and O–H groups in total. The molecule has 2 aromatic heterocycles. The molecule has 0 spiro atoms. The van der Waals surface area contributed by atoms with Gasteiger partial charge in [0.15, 0.2) is 5.82 Å². The Morgan fingerprint density at radius 3 is 3.00 bits per heavy atom. The van der Waals surface area contributed by atoms with Gasteiger partial charge in [-0.1, -0.05) is 12.8 Å². The summed E-state index contributed by atoms with van der Waals surface area (Å²) >= 11 is 0. The maximum Gasteiger partial charge on any atom is 0.315 e. The Morgan fingerprint density at radius 2 is 2.22 bits per heavy atom. The summed E-state index contributed by atoms with van der Waals surface area (Å²) in [6, 6.07) is 5.15. The summed E-state index contributed by atoms with van der Waals surface area (Å²) in [6.45, 7) is 0.394. The number of nitrogens with zero attached hydrogens (tertiary/aromatic N) is 3. The molecule has 122 valence electrons. The van der Waals surface area contributed by atoms with E-state index in [1.165, 1.54) is 0 Å². The molecule has 2 heterocycles. The standard InChI is InChI=1S/C16H21N5O2/c22-14-5-2-1-4-13(14)20-16(23)18-11-12-6-8-17-15(10-12)21-9-3-7-19-21/h3,6-10,13-14,22H,1-2,4-5,11H2,(H2,18,20,23). The third-order valence-corrected chi connectivity index (χ3v) is 4.05. The van der Waals surface area contributed by atoms with Gasteiger partial charge in [0.05, 0.1) is 12.1 Å². The Labute approximate surface area is 134 Å². The monoisotopic (exact) mass is 315 g/mol. The first kappa shape index (κ1) is 15.5. The van der Waals surface area contributed by atoms with E-state index in [4.69, 9.17) is 0 Å². The van der Waals surface area contributed by atoms with Gasteiger partial charge in [-0.05, 0) is 36.6 Å². The fourth-order valence-corrected chi connectivity index (χ4v) is 2.78. The lowest BCUT2D eigenvalue weighted by molar-refractivity contribution is 0.0943. The number of nitrogens with one attached hydrogen (secondary N) is 2. The fraction of sp³-hybridized carbons (Fsp3) is 0.438. The summed E-state index contributed by atoms with van der Waals surface area (Å²) in [6.07, 6.45) is 8.40. The average Bonchev–Trinajstić information content (AvgIpc) is 3.10. The Balaban J connectivity index is 1.54. The molecule has 2 amide bonds. The molecule has 0 bridgehead atoms. The van der Waals surface area contributed by atoms with Crippen LogP contribution in [0.25, 0.3) is 5.82 Å². The SMILES string of the molecule is O=C(NCc1ccnc(-n2cccn2)c1)NC1CCCCC1O. The number of aliphatic hydroxyl groups is 1. The van der Waals surface area contributed by atoms with E-state index in [0.29, 0.717) is 12.4 Å². The van der Waals surface area contributed by atoms with Crippen LogP contribution in [0.4, 0.5) is 4.79 Å². The molecular weight excluding hydrogens is 294 g/mol. The van der Waals surface area contributed by atoms with Gasteiger partial charge < -0.3 is 15.7 Å². The molecule has 7 nitrogen and oxygen atoms in total. The van der Waals surface area contributed by atoms with Crippen molar-refractivity contribution in [2.45, 2.75) is 44.4 Å². The Morgan fingerprint density at radius 1 is 1.35 bits per heavy atom. The predicted octanol–water partition coefficient (Wildman–Crippen LogP) is 1.37. The van der Waals surface area contributed by atoms with E-state index in [2.05, 4.69) is 20.7 Å². The maximum atomic E-state index is 12.0. The van der Waals surface area contributed by atoms with Crippen molar-refractivity contribution in [3.63, 3.8) is 0 Å². The number of hydrogen-bond acceptors (Lipinski definition) is 4. The van der Waals surface area contributed by atoms with Crippen molar-refractivity contribution in [1.29, 1.82) is 0 Å². The van der Waals surface area contributed by atoms with Crippen LogP contribution in [0.5, 0.6) is 0 Å². The van der Waals surface area contributed by atoms with Crippen LogP contribution in [0.15, 0.2) is 36.8 Å². The second kappa shape index (κ2) is 7.23. The van der Waals surface area contributed by atoms with Crippen LogP contribution in [-0.4, -0.2) is 38.0 Å². The van der Waals surface area contributed by atoms with Crippen molar-refractivity contribution < 1.29 is 9.90 Å². The van der Waals surface area contributed by atoms with E-state index >= 15 is 0 Å². The first-order valence-electron chi connectivity index (χ1n) is 7.90. The van der Waals surface area contributed by atoms with Gasteiger partial charge in [-0.25, -0.2) is 14.5 Å². The zero-order chi connectivity index (χ0) is 16.1. The van der Waals surface area contributed by atoms with Crippen molar-refractivity contribution in [1.82, 2.24) is 25.4 Å². The van der Waals surface area contributed by atoms with E-state index in [0.717, 1.165) is 31.2 Å². The minimum atomic E-state index is -0.443. The summed E-state index contributed by atoms with van der Waals surface area (Å²) in [4.78, 5) is 16.2. The lowest BCUT2D eigenvalue weighted by atomic mass is 9.93. The van der Waals surface area contributed by atoms with Crippen LogP contribution in [0.3, 0.4) is 0 Å². The van der Waals surface area contributed by atoms with Crippen LogP contribution in [0.1, 0.15) is 31.2 Å². The number of rotatable bonds is 4. The van der Waals surface area contributed by atoms with Gasteiger partial charge in [-0.3, -0.25) is 0 Å². The second-order valence-electron chi connectivity index (χ2n) is 5.76. The smallest absolute Gasteiger partial charge is 0.315 e. The lowest BCUT2D eigenvalue weighted by Gasteiger charge is -2.28. The minimum Gasteiger partial charge on any atom is -0.391 e. The number of aliphatic hydroxyl groups excluding tert-OH is 1. The molecular formula is C16H21N5O2. The Bertz CT molecular complexity index is 644. The van der Waals surface area contributed by atoms with Gasteiger partial charge in [0.2, 0.25) is 0 Å². The molecule has 1 aliphatic rings. The normalized spacial score (nSPS) is 20.9. The van der Waals surface area contributed by atoms with Crippen molar-refractivity contribution >= 4 is 6.03 Å². The van der Waals surface area contributed by atoms with Gasteiger partial charge in [0.1, 0.15) is 0 Å². The highest BCUT2D eigenvalue weighted by molar-refractivity contribution is 5.74. The molecule has 1 saturated carbocycles. The van der Waals surface area contributed by atoms with Crippen LogP contribution in [-0.2, 0) is 6.54 Å². The summed E-state index contributed by atoms with van der Waals surface area (Å²) in [5.41, 5.74) is 0.935. The van der Waals surface area contributed by atoms with E-state index in [1.54, 1.807) is 17.1 Å². The van der Waals surface area contributed by atoms with E-state index < -0.39 is 6.10 Å². The Hall–Kier alpha value is -2.41. The number of pyridine rings is 1. The topological polar surface area (TPSA) is 92.1 Å². The summed E-state index contributed by atoms with van der Waals surface area (Å²) < 4.78 is 1.67. The zero-order valence-electron chi connectivity index (χ0n) is 12.9. The molecule has 2 unspecified atom stereocenters. The number of carbonyl (C=O) groups excluding carboxylic acids is 1. The summed E-state index contributed by atoms with van der Waals surface area (Å²) in [5.74, 6) is 0.706. The van der Waals surface area contributed by atoms with E-state index in [1.807, 2.05) is 24.4 Å². The predicted molar refractivity (Wildman–Crippen MR) is 85.0 cm³/mol. The van der Waals surface area contributed by atoms with Gasteiger partial charge in [0.25, 0.3) is 0 Å². The zero-order valence-corrected chi connectivity index (χ0v) is 12.9. The molecule has 0 saturated heterocycles. The lowest BCUT2D eigenvalue weighted by Crippen LogP contribution is -2.48. The van der Waals surface area contributed by atoms with Crippen LogP contribution in [0, 0.1) is 0 Å². The fourth-order valence-electron chi connectivity index (χ4n) is 2.78.